The highest BCUT2D eigenvalue weighted by molar-refractivity contribution is 5.77. The van der Waals surface area contributed by atoms with Gasteiger partial charge in [0.1, 0.15) is 17.5 Å². The number of hydrogen-bond donors (Lipinski definition) is 3. The van der Waals surface area contributed by atoms with Gasteiger partial charge in [-0.3, -0.25) is 4.79 Å². The third-order valence-electron chi connectivity index (χ3n) is 3.97. The van der Waals surface area contributed by atoms with E-state index in [1.807, 2.05) is 6.07 Å². The van der Waals surface area contributed by atoms with Crippen LogP contribution in [-0.4, -0.2) is 29.0 Å². The minimum absolute atomic E-state index is 0.0997. The van der Waals surface area contributed by atoms with E-state index in [0.29, 0.717) is 18.3 Å². The third-order valence-corrected chi connectivity index (χ3v) is 3.97. The first-order valence-corrected chi connectivity index (χ1v) is 7.07. The van der Waals surface area contributed by atoms with Gasteiger partial charge in [-0.05, 0) is 25.7 Å². The van der Waals surface area contributed by atoms with Crippen molar-refractivity contribution in [2.45, 2.75) is 31.6 Å². The molecule has 1 saturated carbocycles. The second kappa shape index (κ2) is 5.24. The van der Waals surface area contributed by atoms with Crippen molar-refractivity contribution in [1.29, 1.82) is 0 Å². The number of anilines is 2. The number of nitrogen functional groups attached to an aromatic ring is 1. The molecule has 20 heavy (non-hydrogen) atoms. The second-order valence-electron chi connectivity index (χ2n) is 5.58. The summed E-state index contributed by atoms with van der Waals surface area (Å²) in [5.41, 5.74) is 8.02. The smallest absolute Gasteiger partial charge is 0.222 e. The maximum absolute atomic E-state index is 11.4. The average Bonchev–Trinajstić information content (AvgIpc) is 3.31. The molecule has 1 aromatic rings. The van der Waals surface area contributed by atoms with Gasteiger partial charge in [0.05, 0.1) is 5.92 Å². The van der Waals surface area contributed by atoms with E-state index in [1.165, 1.54) is 0 Å². The fourth-order valence-electron chi connectivity index (χ4n) is 2.63. The molecule has 1 saturated heterocycles. The molecule has 0 bridgehead atoms. The summed E-state index contributed by atoms with van der Waals surface area (Å²) in [5, 5.41) is 0. The number of nitrogens with one attached hydrogen (secondary N) is 1. The standard InChI is InChI=1S/C13H20N6O/c14-12(20)9-2-1-5-19(7-9)11-6-10(18-15)16-13(17-11)8-3-4-8/h6,8-9H,1-5,7,15H2,(H2,14,20)(H,16,17,18). The van der Waals surface area contributed by atoms with Crippen molar-refractivity contribution >= 4 is 17.5 Å². The second-order valence-corrected chi connectivity index (χ2v) is 5.58. The molecule has 1 amide bonds. The molecule has 0 aromatic carbocycles. The molecule has 1 aromatic heterocycles. The summed E-state index contributed by atoms with van der Waals surface area (Å²) < 4.78 is 0. The molecule has 1 aliphatic heterocycles. The van der Waals surface area contributed by atoms with E-state index in [4.69, 9.17) is 11.6 Å². The highest BCUT2D eigenvalue weighted by Crippen LogP contribution is 2.39. The topological polar surface area (TPSA) is 110 Å². The van der Waals surface area contributed by atoms with Crippen LogP contribution in [0.1, 0.15) is 37.4 Å². The van der Waals surface area contributed by atoms with E-state index in [1.54, 1.807) is 0 Å². The third kappa shape index (κ3) is 2.67. The average molecular weight is 276 g/mol. The fraction of sp³-hybridized carbons (Fsp3) is 0.615. The van der Waals surface area contributed by atoms with Crippen molar-refractivity contribution in [3.8, 4) is 0 Å². The highest BCUT2D eigenvalue weighted by Gasteiger charge is 2.29. The lowest BCUT2D eigenvalue weighted by molar-refractivity contribution is -0.122. The van der Waals surface area contributed by atoms with Gasteiger partial charge in [-0.15, -0.1) is 0 Å². The number of nitrogens with two attached hydrogens (primary N) is 2. The van der Waals surface area contributed by atoms with Gasteiger partial charge >= 0.3 is 0 Å². The zero-order valence-corrected chi connectivity index (χ0v) is 11.4. The summed E-state index contributed by atoms with van der Waals surface area (Å²) in [6, 6.07) is 1.83. The molecule has 5 N–H and O–H groups in total. The van der Waals surface area contributed by atoms with Crippen LogP contribution in [-0.2, 0) is 4.79 Å². The highest BCUT2D eigenvalue weighted by atomic mass is 16.1. The Morgan fingerprint density at radius 3 is 2.80 bits per heavy atom. The molecule has 0 radical (unpaired) electrons. The first kappa shape index (κ1) is 13.1. The summed E-state index contributed by atoms with van der Waals surface area (Å²) in [6.07, 6.45) is 4.07. The largest absolute Gasteiger partial charge is 0.369 e. The van der Waals surface area contributed by atoms with Gasteiger partial charge < -0.3 is 16.1 Å². The number of primary amides is 1. The first-order valence-electron chi connectivity index (χ1n) is 7.07. The Morgan fingerprint density at radius 2 is 2.15 bits per heavy atom. The van der Waals surface area contributed by atoms with Gasteiger partial charge in [0.15, 0.2) is 0 Å². The number of nitrogens with zero attached hydrogens (tertiary/aromatic N) is 3. The predicted molar refractivity (Wildman–Crippen MR) is 75.9 cm³/mol. The normalized spacial score (nSPS) is 22.6. The van der Waals surface area contributed by atoms with E-state index < -0.39 is 0 Å². The number of amides is 1. The van der Waals surface area contributed by atoms with Crippen molar-refractivity contribution in [2.24, 2.45) is 17.5 Å². The molecule has 7 nitrogen and oxygen atoms in total. The van der Waals surface area contributed by atoms with E-state index in [0.717, 1.165) is 43.9 Å². The van der Waals surface area contributed by atoms with Crippen LogP contribution < -0.4 is 21.9 Å². The van der Waals surface area contributed by atoms with Crippen molar-refractivity contribution in [3.63, 3.8) is 0 Å². The Labute approximate surface area is 117 Å². The van der Waals surface area contributed by atoms with Crippen LogP contribution in [0.25, 0.3) is 0 Å². The molecule has 0 spiro atoms. The number of hydrazine groups is 1. The molecule has 2 heterocycles. The van der Waals surface area contributed by atoms with Crippen LogP contribution in [0.15, 0.2) is 6.07 Å². The fourth-order valence-corrected chi connectivity index (χ4v) is 2.63. The number of carbonyl (C=O) groups excluding carboxylic acids is 1. The van der Waals surface area contributed by atoms with Gasteiger partial charge in [0.25, 0.3) is 0 Å². The van der Waals surface area contributed by atoms with Crippen molar-refractivity contribution in [1.82, 2.24) is 9.97 Å². The molecule has 108 valence electrons. The lowest BCUT2D eigenvalue weighted by atomic mass is 9.97. The van der Waals surface area contributed by atoms with Gasteiger partial charge in [0, 0.05) is 25.1 Å². The Kier molecular flexibility index (Phi) is 3.43. The van der Waals surface area contributed by atoms with Crippen molar-refractivity contribution in [3.05, 3.63) is 11.9 Å². The number of hydrogen-bond acceptors (Lipinski definition) is 6. The molecule has 1 atom stereocenters. The van der Waals surface area contributed by atoms with Crippen LogP contribution >= 0.6 is 0 Å². The number of piperidine rings is 1. The molecule has 2 aliphatic rings. The van der Waals surface area contributed by atoms with Gasteiger partial charge in [0.2, 0.25) is 5.91 Å². The van der Waals surface area contributed by atoms with Crippen molar-refractivity contribution < 1.29 is 4.79 Å². The van der Waals surface area contributed by atoms with E-state index in [2.05, 4.69) is 20.3 Å². The van der Waals surface area contributed by atoms with E-state index in [9.17, 15) is 4.79 Å². The minimum atomic E-state index is -0.233. The zero-order valence-electron chi connectivity index (χ0n) is 11.4. The Balaban J connectivity index is 1.84. The van der Waals surface area contributed by atoms with Crippen LogP contribution in [0.4, 0.5) is 11.6 Å². The summed E-state index contributed by atoms with van der Waals surface area (Å²) in [4.78, 5) is 22.5. The van der Waals surface area contributed by atoms with E-state index in [-0.39, 0.29) is 11.8 Å². The molecule has 3 rings (SSSR count). The quantitative estimate of drug-likeness (QED) is 0.540. The SMILES string of the molecule is NNc1cc(N2CCCC(C(N)=O)C2)nc(C2CC2)n1. The first-order chi connectivity index (χ1) is 9.67. The van der Waals surface area contributed by atoms with Crippen LogP contribution in [0, 0.1) is 5.92 Å². The summed E-state index contributed by atoms with van der Waals surface area (Å²) in [5.74, 6) is 7.91. The predicted octanol–water partition coefficient (Wildman–Crippen LogP) is 0.341. The molecule has 7 heteroatoms. The summed E-state index contributed by atoms with van der Waals surface area (Å²) in [6.45, 7) is 1.51. The summed E-state index contributed by atoms with van der Waals surface area (Å²) >= 11 is 0. The van der Waals surface area contributed by atoms with Gasteiger partial charge in [-0.1, -0.05) is 0 Å². The zero-order chi connectivity index (χ0) is 14.1. The maximum atomic E-state index is 11.4. The van der Waals surface area contributed by atoms with Gasteiger partial charge in [-0.25, -0.2) is 15.8 Å². The van der Waals surface area contributed by atoms with E-state index >= 15 is 0 Å². The molecule has 2 fully saturated rings. The number of rotatable bonds is 4. The molecular formula is C13H20N6O. The van der Waals surface area contributed by atoms with Crippen molar-refractivity contribution in [2.75, 3.05) is 23.4 Å². The minimum Gasteiger partial charge on any atom is -0.369 e. The monoisotopic (exact) mass is 276 g/mol. The molecule has 1 unspecified atom stereocenters. The maximum Gasteiger partial charge on any atom is 0.222 e. The lowest BCUT2D eigenvalue weighted by Gasteiger charge is -2.32. The van der Waals surface area contributed by atoms with Crippen LogP contribution in [0.2, 0.25) is 0 Å². The number of aromatic nitrogens is 2. The van der Waals surface area contributed by atoms with Crippen LogP contribution in [0.3, 0.4) is 0 Å². The lowest BCUT2D eigenvalue weighted by Crippen LogP contribution is -2.41. The Hall–Kier alpha value is -1.89. The number of carbonyl (C=O) groups is 1. The summed E-state index contributed by atoms with van der Waals surface area (Å²) in [7, 11) is 0. The Bertz CT molecular complexity index is 516. The van der Waals surface area contributed by atoms with Gasteiger partial charge in [-0.2, -0.15) is 0 Å². The molecular weight excluding hydrogens is 256 g/mol. The Morgan fingerprint density at radius 1 is 1.35 bits per heavy atom. The molecule has 1 aliphatic carbocycles. The van der Waals surface area contributed by atoms with Crippen LogP contribution in [0.5, 0.6) is 0 Å².